The average Bonchev–Trinajstić information content (AvgIpc) is 2.40. The highest BCUT2D eigenvalue weighted by molar-refractivity contribution is 6.47. The summed E-state index contributed by atoms with van der Waals surface area (Å²) >= 11 is 0. The molecule has 1 aromatic rings. The highest BCUT2D eigenvalue weighted by atomic mass is 19.1. The van der Waals surface area contributed by atoms with E-state index in [0.29, 0.717) is 5.56 Å². The van der Waals surface area contributed by atoms with Crippen molar-refractivity contribution in [3.05, 3.63) is 59.7 Å². The zero-order valence-electron chi connectivity index (χ0n) is 11.0. The van der Waals surface area contributed by atoms with Gasteiger partial charge in [0.05, 0.1) is 5.31 Å². The summed E-state index contributed by atoms with van der Waals surface area (Å²) in [4.78, 5) is 0. The Morgan fingerprint density at radius 2 is 1.89 bits per heavy atom. The van der Waals surface area contributed by atoms with Gasteiger partial charge in [0.15, 0.2) is 0 Å². The van der Waals surface area contributed by atoms with Crippen molar-refractivity contribution in [1.82, 2.24) is 0 Å². The second kappa shape index (κ2) is 5.72. The molecule has 2 nitrogen and oxygen atoms in total. The average molecular weight is 260 g/mol. The summed E-state index contributed by atoms with van der Waals surface area (Å²) in [7, 11) is -1.78. The third kappa shape index (κ3) is 2.51. The quantitative estimate of drug-likeness (QED) is 0.816. The number of hydrogen-bond acceptors (Lipinski definition) is 2. The summed E-state index contributed by atoms with van der Waals surface area (Å²) in [6.45, 7) is 2.10. The summed E-state index contributed by atoms with van der Waals surface area (Å²) in [6, 6.07) is 7.39. The lowest BCUT2D eigenvalue weighted by Crippen LogP contribution is -2.49. The molecule has 1 aromatic carbocycles. The lowest BCUT2D eigenvalue weighted by atomic mass is 9.51. The maximum absolute atomic E-state index is 14.2. The minimum absolute atomic E-state index is 0.579. The molecule has 2 N–H and O–H groups in total. The van der Waals surface area contributed by atoms with E-state index < -0.39 is 18.6 Å². The Morgan fingerprint density at radius 3 is 2.42 bits per heavy atom. The van der Waals surface area contributed by atoms with E-state index in [4.69, 9.17) is 0 Å². The van der Waals surface area contributed by atoms with Gasteiger partial charge >= 0.3 is 7.12 Å². The number of benzene rings is 1. The van der Waals surface area contributed by atoms with Crippen molar-refractivity contribution < 1.29 is 14.4 Å². The zero-order valence-corrected chi connectivity index (χ0v) is 11.0. The van der Waals surface area contributed by atoms with Gasteiger partial charge in [-0.15, -0.1) is 0 Å². The first-order valence-electron chi connectivity index (χ1n) is 6.57. The number of alkyl halides is 1. The maximum Gasteiger partial charge on any atom is 0.470 e. The van der Waals surface area contributed by atoms with E-state index in [1.165, 1.54) is 17.7 Å². The van der Waals surface area contributed by atoms with Gasteiger partial charge in [-0.05, 0) is 17.5 Å². The fourth-order valence-corrected chi connectivity index (χ4v) is 2.51. The molecule has 100 valence electrons. The zero-order chi connectivity index (χ0) is 13.9. The van der Waals surface area contributed by atoms with Crippen molar-refractivity contribution in [1.29, 1.82) is 0 Å². The fraction of sp³-hybridized carbons (Fsp3) is 0.333. The molecule has 2 rings (SSSR count). The Morgan fingerprint density at radius 1 is 1.21 bits per heavy atom. The number of aryl methyl sites for hydroxylation is 1. The Hall–Kier alpha value is -1.39. The van der Waals surface area contributed by atoms with Crippen LogP contribution in [0.1, 0.15) is 24.5 Å². The normalized spacial score (nSPS) is 25.6. The predicted molar refractivity (Wildman–Crippen MR) is 75.5 cm³/mol. The third-order valence-corrected chi connectivity index (χ3v) is 3.64. The Labute approximate surface area is 113 Å². The molecule has 19 heavy (non-hydrogen) atoms. The highest BCUT2D eigenvalue weighted by Crippen LogP contribution is 2.36. The molecule has 2 atom stereocenters. The van der Waals surface area contributed by atoms with E-state index in [1.807, 2.05) is 12.1 Å². The summed E-state index contributed by atoms with van der Waals surface area (Å²) < 4.78 is 14.2. The van der Waals surface area contributed by atoms with Gasteiger partial charge in [-0.3, -0.25) is 0 Å². The molecule has 0 radical (unpaired) electrons. The van der Waals surface area contributed by atoms with Crippen molar-refractivity contribution in [2.45, 2.75) is 31.3 Å². The van der Waals surface area contributed by atoms with Crippen LogP contribution in [0.3, 0.4) is 0 Å². The van der Waals surface area contributed by atoms with Crippen LogP contribution in [-0.2, 0) is 11.7 Å². The van der Waals surface area contributed by atoms with Gasteiger partial charge < -0.3 is 10.0 Å². The first kappa shape index (κ1) is 14.0. The van der Waals surface area contributed by atoms with E-state index in [0.717, 1.165) is 12.8 Å². The van der Waals surface area contributed by atoms with Crippen LogP contribution in [-0.4, -0.2) is 23.3 Å². The van der Waals surface area contributed by atoms with E-state index in [2.05, 4.69) is 6.92 Å². The topological polar surface area (TPSA) is 40.5 Å². The molecule has 0 saturated carbocycles. The first-order chi connectivity index (χ1) is 9.11. The summed E-state index contributed by atoms with van der Waals surface area (Å²) in [5, 5.41) is 17.9. The molecular weight excluding hydrogens is 242 g/mol. The van der Waals surface area contributed by atoms with Crippen LogP contribution in [0.2, 0.25) is 0 Å². The second-order valence-corrected chi connectivity index (χ2v) is 4.90. The van der Waals surface area contributed by atoms with Gasteiger partial charge in [0.2, 0.25) is 0 Å². The lowest BCUT2D eigenvalue weighted by Gasteiger charge is -2.34. The maximum atomic E-state index is 14.2. The van der Waals surface area contributed by atoms with Gasteiger partial charge in [0, 0.05) is 0 Å². The Balaban J connectivity index is 2.40. The van der Waals surface area contributed by atoms with Crippen LogP contribution < -0.4 is 0 Å². The standard InChI is InChI=1S/C15H18BFO2/c1-2-5-12-7-9-13(10-8-12)15(16(18)19)11-4-3-6-14(15)17/h3-4,6-11,14,18-19H,2,5H2,1H3. The molecule has 0 fully saturated rings. The molecule has 0 amide bonds. The van der Waals surface area contributed by atoms with Gasteiger partial charge in [0.25, 0.3) is 0 Å². The highest BCUT2D eigenvalue weighted by Gasteiger charge is 2.48. The molecule has 0 aromatic heterocycles. The van der Waals surface area contributed by atoms with Crippen LogP contribution in [0, 0.1) is 0 Å². The molecular formula is C15H18BFO2. The number of hydrogen-bond donors (Lipinski definition) is 2. The fourth-order valence-electron chi connectivity index (χ4n) is 2.51. The number of halogens is 1. The molecule has 1 aliphatic carbocycles. The van der Waals surface area contributed by atoms with Crippen LogP contribution in [0.4, 0.5) is 4.39 Å². The van der Waals surface area contributed by atoms with Crippen molar-refractivity contribution in [2.75, 3.05) is 0 Å². The van der Waals surface area contributed by atoms with E-state index in [-0.39, 0.29) is 0 Å². The number of rotatable bonds is 4. The molecule has 2 unspecified atom stereocenters. The monoisotopic (exact) mass is 260 g/mol. The minimum atomic E-state index is -1.78. The molecule has 0 spiro atoms. The molecule has 0 heterocycles. The Kier molecular flexibility index (Phi) is 4.22. The van der Waals surface area contributed by atoms with Crippen molar-refractivity contribution in [3.63, 3.8) is 0 Å². The van der Waals surface area contributed by atoms with Gasteiger partial charge in [0.1, 0.15) is 6.17 Å². The smallest absolute Gasteiger partial charge is 0.426 e. The van der Waals surface area contributed by atoms with Crippen molar-refractivity contribution >= 4 is 7.12 Å². The van der Waals surface area contributed by atoms with Gasteiger partial charge in [-0.2, -0.15) is 0 Å². The first-order valence-corrected chi connectivity index (χ1v) is 6.57. The van der Waals surface area contributed by atoms with Crippen LogP contribution in [0.5, 0.6) is 0 Å². The lowest BCUT2D eigenvalue weighted by molar-refractivity contribution is 0.273. The van der Waals surface area contributed by atoms with Gasteiger partial charge in [-0.1, -0.05) is 61.9 Å². The predicted octanol–water partition coefficient (Wildman–Crippen LogP) is 2.35. The molecule has 1 aliphatic rings. The third-order valence-electron chi connectivity index (χ3n) is 3.64. The summed E-state index contributed by atoms with van der Waals surface area (Å²) in [5.41, 5.74) is 1.75. The van der Waals surface area contributed by atoms with E-state index in [1.54, 1.807) is 24.3 Å². The van der Waals surface area contributed by atoms with Crippen LogP contribution in [0.15, 0.2) is 48.6 Å². The van der Waals surface area contributed by atoms with Gasteiger partial charge in [-0.25, -0.2) is 4.39 Å². The second-order valence-electron chi connectivity index (χ2n) is 4.90. The summed E-state index contributed by atoms with van der Waals surface area (Å²) in [5.74, 6) is 0. The van der Waals surface area contributed by atoms with Crippen molar-refractivity contribution in [3.8, 4) is 0 Å². The van der Waals surface area contributed by atoms with E-state index >= 15 is 0 Å². The van der Waals surface area contributed by atoms with Crippen LogP contribution in [0.25, 0.3) is 0 Å². The molecule has 4 heteroatoms. The van der Waals surface area contributed by atoms with Crippen LogP contribution >= 0.6 is 0 Å². The van der Waals surface area contributed by atoms with Crippen molar-refractivity contribution in [2.24, 2.45) is 0 Å². The number of allylic oxidation sites excluding steroid dienone is 4. The van der Waals surface area contributed by atoms with E-state index in [9.17, 15) is 14.4 Å². The molecule has 0 saturated heterocycles. The molecule has 0 bridgehead atoms. The summed E-state index contributed by atoms with van der Waals surface area (Å²) in [6.07, 6.45) is 6.66. The Bertz CT molecular complexity index is 481. The SMILES string of the molecule is CCCc1ccc(C2(B(O)O)C=CC=CC2F)cc1. The minimum Gasteiger partial charge on any atom is -0.426 e. The molecule has 0 aliphatic heterocycles. The largest absolute Gasteiger partial charge is 0.470 e.